The van der Waals surface area contributed by atoms with Gasteiger partial charge in [-0.1, -0.05) is 13.0 Å². The predicted molar refractivity (Wildman–Crippen MR) is 101 cm³/mol. The van der Waals surface area contributed by atoms with Crippen molar-refractivity contribution in [3.05, 3.63) is 29.8 Å². The molecule has 1 amide bonds. The van der Waals surface area contributed by atoms with Crippen LogP contribution >= 0.6 is 0 Å². The van der Waals surface area contributed by atoms with Crippen LogP contribution in [-0.4, -0.2) is 44.7 Å². The van der Waals surface area contributed by atoms with Crippen LogP contribution in [0.3, 0.4) is 0 Å². The molecule has 0 aliphatic heterocycles. The third kappa shape index (κ3) is 7.28. The molecule has 0 spiro atoms. The predicted octanol–water partition coefficient (Wildman–Crippen LogP) is 2.55. The van der Waals surface area contributed by atoms with Gasteiger partial charge in [0, 0.05) is 26.1 Å². The lowest BCUT2D eigenvalue weighted by molar-refractivity contribution is -0.137. The van der Waals surface area contributed by atoms with Crippen LogP contribution in [0.1, 0.15) is 31.7 Å². The van der Waals surface area contributed by atoms with Gasteiger partial charge in [0.05, 0.1) is 12.1 Å². The second-order valence-corrected chi connectivity index (χ2v) is 6.62. The highest BCUT2D eigenvalue weighted by Gasteiger charge is 2.31. The summed E-state index contributed by atoms with van der Waals surface area (Å²) in [5.74, 6) is 0.974. The molecule has 0 bridgehead atoms. The van der Waals surface area contributed by atoms with Crippen molar-refractivity contribution in [1.29, 1.82) is 0 Å². The molecule has 0 aromatic heterocycles. The molecule has 1 fully saturated rings. The fourth-order valence-corrected chi connectivity index (χ4v) is 2.50. The molecule has 1 aromatic carbocycles. The molecule has 1 saturated carbocycles. The third-order valence-corrected chi connectivity index (χ3v) is 4.31. The van der Waals surface area contributed by atoms with Gasteiger partial charge in [0.25, 0.3) is 0 Å². The molecule has 156 valence electrons. The molecular formula is C19H27F3N4O2. The van der Waals surface area contributed by atoms with Crippen LogP contribution in [0.5, 0.6) is 5.75 Å². The largest absolute Gasteiger partial charge is 0.489 e. The van der Waals surface area contributed by atoms with E-state index in [-0.39, 0.29) is 23.7 Å². The van der Waals surface area contributed by atoms with Gasteiger partial charge in [0.2, 0.25) is 5.91 Å². The zero-order valence-corrected chi connectivity index (χ0v) is 16.1. The average Bonchev–Trinajstić information content (AvgIpc) is 3.51. The maximum absolute atomic E-state index is 12.8. The number of carbonyl (C=O) groups is 1. The molecule has 0 saturated heterocycles. The molecule has 1 aliphatic rings. The highest BCUT2D eigenvalue weighted by molar-refractivity contribution is 5.81. The first-order valence-corrected chi connectivity index (χ1v) is 9.39. The number of rotatable bonds is 9. The number of nitrogens with one attached hydrogen (secondary N) is 3. The van der Waals surface area contributed by atoms with E-state index in [0.29, 0.717) is 32.0 Å². The van der Waals surface area contributed by atoms with Gasteiger partial charge in [-0.2, -0.15) is 13.2 Å². The van der Waals surface area contributed by atoms with Gasteiger partial charge in [-0.3, -0.25) is 9.79 Å². The SMILES string of the molecule is CCC(CNC(=NC)NCCNC(=O)C1CC1)Oc1cccc(C(F)(F)F)c1. The Morgan fingerprint density at radius 1 is 1.25 bits per heavy atom. The van der Waals surface area contributed by atoms with E-state index in [1.165, 1.54) is 12.1 Å². The first-order chi connectivity index (χ1) is 13.3. The Balaban J connectivity index is 1.75. The molecule has 0 radical (unpaired) electrons. The summed E-state index contributed by atoms with van der Waals surface area (Å²) < 4.78 is 44.1. The maximum atomic E-state index is 12.8. The van der Waals surface area contributed by atoms with Gasteiger partial charge in [-0.25, -0.2) is 0 Å². The Morgan fingerprint density at radius 2 is 1.96 bits per heavy atom. The molecule has 1 atom stereocenters. The average molecular weight is 400 g/mol. The highest BCUT2D eigenvalue weighted by Crippen LogP contribution is 2.31. The van der Waals surface area contributed by atoms with Gasteiger partial charge in [0.1, 0.15) is 11.9 Å². The zero-order valence-electron chi connectivity index (χ0n) is 16.1. The number of benzene rings is 1. The molecule has 1 unspecified atom stereocenters. The molecule has 28 heavy (non-hydrogen) atoms. The van der Waals surface area contributed by atoms with Crippen molar-refractivity contribution < 1.29 is 22.7 Å². The second-order valence-electron chi connectivity index (χ2n) is 6.62. The van der Waals surface area contributed by atoms with Crippen LogP contribution in [0.4, 0.5) is 13.2 Å². The first-order valence-electron chi connectivity index (χ1n) is 9.39. The Bertz CT molecular complexity index is 675. The van der Waals surface area contributed by atoms with E-state index in [1.54, 1.807) is 7.05 Å². The monoisotopic (exact) mass is 400 g/mol. The lowest BCUT2D eigenvalue weighted by Crippen LogP contribution is -2.44. The van der Waals surface area contributed by atoms with E-state index >= 15 is 0 Å². The quantitative estimate of drug-likeness (QED) is 0.338. The van der Waals surface area contributed by atoms with Crippen molar-refractivity contribution in [2.45, 2.75) is 38.5 Å². The second kappa shape index (κ2) is 10.2. The van der Waals surface area contributed by atoms with E-state index in [0.717, 1.165) is 25.0 Å². The van der Waals surface area contributed by atoms with Gasteiger partial charge >= 0.3 is 6.18 Å². The zero-order chi connectivity index (χ0) is 20.6. The van der Waals surface area contributed by atoms with Crippen molar-refractivity contribution >= 4 is 11.9 Å². The number of halogens is 3. The smallest absolute Gasteiger partial charge is 0.416 e. The van der Waals surface area contributed by atoms with Crippen molar-refractivity contribution in [2.24, 2.45) is 10.9 Å². The molecule has 6 nitrogen and oxygen atoms in total. The molecule has 9 heteroatoms. The lowest BCUT2D eigenvalue weighted by Gasteiger charge is -2.20. The Kier molecular flexibility index (Phi) is 7.95. The summed E-state index contributed by atoms with van der Waals surface area (Å²) in [6, 6.07) is 4.85. The molecule has 3 N–H and O–H groups in total. The van der Waals surface area contributed by atoms with E-state index in [1.807, 2.05) is 6.92 Å². The number of hydrogen-bond donors (Lipinski definition) is 3. The van der Waals surface area contributed by atoms with Crippen LogP contribution in [0.25, 0.3) is 0 Å². The normalized spacial score (nSPS) is 15.7. The molecule has 2 rings (SSSR count). The minimum absolute atomic E-state index is 0.0882. The van der Waals surface area contributed by atoms with Crippen molar-refractivity contribution in [1.82, 2.24) is 16.0 Å². The number of carbonyl (C=O) groups excluding carboxylic acids is 1. The van der Waals surface area contributed by atoms with Crippen molar-refractivity contribution in [2.75, 3.05) is 26.7 Å². The van der Waals surface area contributed by atoms with E-state index in [9.17, 15) is 18.0 Å². The minimum atomic E-state index is -4.40. The summed E-state index contributed by atoms with van der Waals surface area (Å²) in [6.07, 6.45) is -2.19. The van der Waals surface area contributed by atoms with Crippen molar-refractivity contribution in [3.63, 3.8) is 0 Å². The van der Waals surface area contributed by atoms with Crippen LogP contribution in [0, 0.1) is 5.92 Å². The van der Waals surface area contributed by atoms with Crippen LogP contribution in [0.15, 0.2) is 29.3 Å². The molecule has 1 aromatic rings. The summed E-state index contributed by atoms with van der Waals surface area (Å²) in [7, 11) is 1.62. The molecule has 1 aliphatic carbocycles. The number of hydrogen-bond acceptors (Lipinski definition) is 3. The van der Waals surface area contributed by atoms with Gasteiger partial charge < -0.3 is 20.7 Å². The number of amides is 1. The summed E-state index contributed by atoms with van der Waals surface area (Å²) in [4.78, 5) is 15.7. The summed E-state index contributed by atoms with van der Waals surface area (Å²) >= 11 is 0. The summed E-state index contributed by atoms with van der Waals surface area (Å²) in [5.41, 5.74) is -0.737. The van der Waals surface area contributed by atoms with E-state index < -0.39 is 11.7 Å². The third-order valence-electron chi connectivity index (χ3n) is 4.31. The number of ether oxygens (including phenoxy) is 1. The van der Waals surface area contributed by atoms with Crippen LogP contribution < -0.4 is 20.7 Å². The topological polar surface area (TPSA) is 74.8 Å². The van der Waals surface area contributed by atoms with Crippen LogP contribution in [-0.2, 0) is 11.0 Å². The number of aliphatic imine (C=N–C) groups is 1. The number of nitrogens with zero attached hydrogens (tertiary/aromatic N) is 1. The maximum Gasteiger partial charge on any atom is 0.416 e. The van der Waals surface area contributed by atoms with Gasteiger partial charge in [-0.05, 0) is 37.5 Å². The summed E-state index contributed by atoms with van der Waals surface area (Å²) in [5, 5.41) is 9.01. The minimum Gasteiger partial charge on any atom is -0.489 e. The molecule has 0 heterocycles. The molecular weight excluding hydrogens is 373 g/mol. The Hall–Kier alpha value is -2.45. The van der Waals surface area contributed by atoms with Gasteiger partial charge in [-0.15, -0.1) is 0 Å². The van der Waals surface area contributed by atoms with Gasteiger partial charge in [0.15, 0.2) is 5.96 Å². The number of alkyl halides is 3. The Morgan fingerprint density at radius 3 is 2.57 bits per heavy atom. The highest BCUT2D eigenvalue weighted by atomic mass is 19.4. The van der Waals surface area contributed by atoms with Crippen molar-refractivity contribution in [3.8, 4) is 5.75 Å². The summed E-state index contributed by atoms with van der Waals surface area (Å²) in [6.45, 7) is 3.28. The number of guanidine groups is 1. The first kappa shape index (κ1) is 21.8. The van der Waals surface area contributed by atoms with E-state index in [2.05, 4.69) is 20.9 Å². The Labute approximate surface area is 162 Å². The van der Waals surface area contributed by atoms with Crippen LogP contribution in [0.2, 0.25) is 0 Å². The lowest BCUT2D eigenvalue weighted by atomic mass is 10.2. The standard InChI is InChI=1S/C19H27F3N4O2/c1-3-15(28-16-6-4-5-14(11-16)19(20,21)22)12-26-18(23-2)25-10-9-24-17(27)13-7-8-13/h4-6,11,13,15H,3,7-10,12H2,1-2H3,(H,24,27)(H2,23,25,26). The fraction of sp³-hybridized carbons (Fsp3) is 0.579. The fourth-order valence-electron chi connectivity index (χ4n) is 2.50. The van der Waals surface area contributed by atoms with E-state index in [4.69, 9.17) is 4.74 Å².